The number of likely N-dealkylation sites (tertiary alicyclic amines) is 1. The van der Waals surface area contributed by atoms with Gasteiger partial charge in [-0.05, 0) is 68.0 Å². The molecule has 7 heteroatoms. The van der Waals surface area contributed by atoms with Crippen LogP contribution in [0.2, 0.25) is 0 Å². The maximum atomic E-state index is 12.9. The molecular weight excluding hydrogens is 396 g/mol. The molecule has 1 saturated heterocycles. The minimum atomic E-state index is -0.190. The molecule has 3 aromatic rings. The highest BCUT2D eigenvalue weighted by molar-refractivity contribution is 7.98. The summed E-state index contributed by atoms with van der Waals surface area (Å²) in [5, 5.41) is 3.83. The largest absolute Gasteiger partial charge is 0.339 e. The number of nitrogens with one attached hydrogen (secondary N) is 1. The summed E-state index contributed by atoms with van der Waals surface area (Å²) in [7, 11) is 0. The molecule has 30 heavy (non-hydrogen) atoms. The lowest BCUT2D eigenvalue weighted by molar-refractivity contribution is 0.0792. The van der Waals surface area contributed by atoms with Gasteiger partial charge in [0.25, 0.3) is 11.8 Å². The van der Waals surface area contributed by atoms with Crippen LogP contribution in [-0.4, -0.2) is 45.6 Å². The van der Waals surface area contributed by atoms with Gasteiger partial charge in [0.05, 0.1) is 0 Å². The summed E-state index contributed by atoms with van der Waals surface area (Å²) in [6.07, 6.45) is 7.72. The maximum Gasteiger partial charge on any atom is 0.255 e. The third-order valence-electron chi connectivity index (χ3n) is 5.29. The van der Waals surface area contributed by atoms with Gasteiger partial charge in [0, 0.05) is 48.0 Å². The Bertz CT molecular complexity index is 1090. The van der Waals surface area contributed by atoms with E-state index >= 15 is 0 Å². The third kappa shape index (κ3) is 4.11. The molecule has 2 amide bonds. The molecule has 1 aliphatic heterocycles. The quantitative estimate of drug-likeness (QED) is 0.622. The van der Waals surface area contributed by atoms with Gasteiger partial charge >= 0.3 is 0 Å². The topological polar surface area (TPSA) is 67.2 Å². The highest BCUT2D eigenvalue weighted by atomic mass is 32.2. The molecular formula is C23H24N4O2S. The predicted molar refractivity (Wildman–Crippen MR) is 120 cm³/mol. The number of aromatic nitrogens is 2. The number of carbonyl (C=O) groups is 2. The van der Waals surface area contributed by atoms with Crippen molar-refractivity contribution in [3.8, 4) is 5.69 Å². The smallest absolute Gasteiger partial charge is 0.255 e. The molecule has 1 fully saturated rings. The summed E-state index contributed by atoms with van der Waals surface area (Å²) in [6.45, 7) is 3.55. The number of anilines is 1. The van der Waals surface area contributed by atoms with Crippen LogP contribution in [0, 0.1) is 6.92 Å². The Balaban J connectivity index is 1.51. The molecule has 0 aliphatic carbocycles. The highest BCUT2D eigenvalue weighted by Gasteiger charge is 2.20. The fourth-order valence-electron chi connectivity index (χ4n) is 3.67. The lowest BCUT2D eigenvalue weighted by Gasteiger charge is -2.16. The van der Waals surface area contributed by atoms with Crippen LogP contribution in [0.5, 0.6) is 0 Å². The van der Waals surface area contributed by atoms with E-state index < -0.39 is 0 Å². The van der Waals surface area contributed by atoms with Gasteiger partial charge in [-0.1, -0.05) is 17.8 Å². The highest BCUT2D eigenvalue weighted by Crippen LogP contribution is 2.22. The van der Waals surface area contributed by atoms with Gasteiger partial charge in [-0.3, -0.25) is 14.2 Å². The molecule has 0 unspecified atom stereocenters. The molecule has 6 nitrogen and oxygen atoms in total. The van der Waals surface area contributed by atoms with Gasteiger partial charge in [0.15, 0.2) is 5.16 Å². The minimum absolute atomic E-state index is 0.0612. The molecule has 0 radical (unpaired) electrons. The molecule has 2 aromatic carbocycles. The lowest BCUT2D eigenvalue weighted by Crippen LogP contribution is -2.27. The molecule has 1 aliphatic rings. The summed E-state index contributed by atoms with van der Waals surface area (Å²) >= 11 is 1.55. The van der Waals surface area contributed by atoms with E-state index in [1.807, 2.05) is 59.2 Å². The number of thioether (sulfide) groups is 1. The predicted octanol–water partition coefficient (Wildman–Crippen LogP) is 4.39. The van der Waals surface area contributed by atoms with Crippen molar-refractivity contribution in [2.45, 2.75) is 24.9 Å². The number of hydrogen-bond acceptors (Lipinski definition) is 4. The Morgan fingerprint density at radius 3 is 2.60 bits per heavy atom. The van der Waals surface area contributed by atoms with Gasteiger partial charge in [-0.25, -0.2) is 4.98 Å². The van der Waals surface area contributed by atoms with E-state index in [9.17, 15) is 9.59 Å². The van der Waals surface area contributed by atoms with Crippen molar-refractivity contribution in [1.82, 2.24) is 14.5 Å². The Labute approximate surface area is 180 Å². The molecule has 0 bridgehead atoms. The summed E-state index contributed by atoms with van der Waals surface area (Å²) in [6, 6.07) is 12.9. The van der Waals surface area contributed by atoms with Crippen molar-refractivity contribution < 1.29 is 9.59 Å². The number of aryl methyl sites for hydroxylation is 1. The first kappa shape index (κ1) is 20.2. The number of imidazole rings is 1. The second kappa shape index (κ2) is 8.75. The van der Waals surface area contributed by atoms with Crippen LogP contribution in [-0.2, 0) is 0 Å². The van der Waals surface area contributed by atoms with E-state index in [4.69, 9.17) is 0 Å². The molecule has 0 atom stereocenters. The number of carbonyl (C=O) groups excluding carboxylic acids is 2. The monoisotopic (exact) mass is 420 g/mol. The van der Waals surface area contributed by atoms with Crippen LogP contribution in [0.4, 0.5) is 5.69 Å². The van der Waals surface area contributed by atoms with Gasteiger partial charge in [0.1, 0.15) is 0 Å². The number of amides is 2. The van der Waals surface area contributed by atoms with Crippen molar-refractivity contribution in [2.24, 2.45) is 0 Å². The first-order valence-corrected chi connectivity index (χ1v) is 11.2. The molecule has 1 N–H and O–H groups in total. The van der Waals surface area contributed by atoms with E-state index in [0.29, 0.717) is 16.8 Å². The van der Waals surface area contributed by atoms with Crippen LogP contribution in [0.15, 0.2) is 60.0 Å². The zero-order valence-corrected chi connectivity index (χ0v) is 17.9. The first-order chi connectivity index (χ1) is 14.6. The van der Waals surface area contributed by atoms with Gasteiger partial charge in [-0.2, -0.15) is 0 Å². The van der Waals surface area contributed by atoms with Crippen LogP contribution in [0.3, 0.4) is 0 Å². The average molecular weight is 421 g/mol. The second-order valence-electron chi connectivity index (χ2n) is 7.32. The van der Waals surface area contributed by atoms with E-state index in [0.717, 1.165) is 42.3 Å². The third-order valence-corrected chi connectivity index (χ3v) is 5.96. The normalized spacial score (nSPS) is 13.5. The van der Waals surface area contributed by atoms with Crippen molar-refractivity contribution >= 4 is 29.3 Å². The summed E-state index contributed by atoms with van der Waals surface area (Å²) in [5.41, 5.74) is 3.68. The molecule has 1 aromatic heterocycles. The van der Waals surface area contributed by atoms with Crippen LogP contribution in [0.25, 0.3) is 5.69 Å². The average Bonchev–Trinajstić information content (AvgIpc) is 3.46. The Hall–Kier alpha value is -3.06. The number of benzene rings is 2. The Morgan fingerprint density at radius 2 is 1.87 bits per heavy atom. The minimum Gasteiger partial charge on any atom is -0.339 e. The molecule has 0 saturated carbocycles. The van der Waals surface area contributed by atoms with E-state index in [2.05, 4.69) is 10.3 Å². The van der Waals surface area contributed by atoms with Crippen molar-refractivity contribution in [3.63, 3.8) is 0 Å². The summed E-state index contributed by atoms with van der Waals surface area (Å²) in [4.78, 5) is 31.6. The van der Waals surface area contributed by atoms with Gasteiger partial charge in [-0.15, -0.1) is 0 Å². The van der Waals surface area contributed by atoms with Gasteiger partial charge < -0.3 is 10.2 Å². The summed E-state index contributed by atoms with van der Waals surface area (Å²) < 4.78 is 1.95. The summed E-state index contributed by atoms with van der Waals surface area (Å²) in [5.74, 6) is -0.129. The standard InChI is InChI=1S/C23H24N4O2S/c1-16-14-18(22(29)26-11-3-4-12-26)8-9-20(16)25-21(28)17-6-5-7-19(15-17)27-13-10-24-23(27)30-2/h5-10,13-15H,3-4,11-12H2,1-2H3,(H,25,28). The van der Waals surface area contributed by atoms with E-state index in [1.165, 1.54) is 0 Å². The maximum absolute atomic E-state index is 12.9. The number of hydrogen-bond donors (Lipinski definition) is 1. The molecule has 2 heterocycles. The van der Waals surface area contributed by atoms with Crippen LogP contribution >= 0.6 is 11.8 Å². The Kier molecular flexibility index (Phi) is 5.90. The molecule has 4 rings (SSSR count). The van der Waals surface area contributed by atoms with Crippen molar-refractivity contribution in [1.29, 1.82) is 0 Å². The van der Waals surface area contributed by atoms with Crippen molar-refractivity contribution in [2.75, 3.05) is 24.7 Å². The van der Waals surface area contributed by atoms with Gasteiger partial charge in [0.2, 0.25) is 0 Å². The fraction of sp³-hybridized carbons (Fsp3) is 0.261. The first-order valence-electron chi connectivity index (χ1n) is 9.96. The SMILES string of the molecule is CSc1nccn1-c1cccc(C(=O)Nc2ccc(C(=O)N3CCCC3)cc2C)c1. The zero-order valence-electron chi connectivity index (χ0n) is 17.1. The van der Waals surface area contributed by atoms with E-state index in [-0.39, 0.29) is 11.8 Å². The number of rotatable bonds is 5. The molecule has 154 valence electrons. The molecule has 0 spiro atoms. The zero-order chi connectivity index (χ0) is 21.1. The lowest BCUT2D eigenvalue weighted by atomic mass is 10.1. The Morgan fingerprint density at radius 1 is 1.07 bits per heavy atom. The van der Waals surface area contributed by atoms with E-state index in [1.54, 1.807) is 30.1 Å². The second-order valence-corrected chi connectivity index (χ2v) is 8.09. The number of nitrogens with zero attached hydrogens (tertiary/aromatic N) is 3. The van der Waals surface area contributed by atoms with Crippen LogP contribution in [0.1, 0.15) is 39.1 Å². The van der Waals surface area contributed by atoms with Crippen LogP contribution < -0.4 is 5.32 Å². The van der Waals surface area contributed by atoms with Crippen molar-refractivity contribution in [3.05, 3.63) is 71.5 Å². The fourth-order valence-corrected chi connectivity index (χ4v) is 4.20.